The van der Waals surface area contributed by atoms with Crippen LogP contribution in [0.25, 0.3) is 0 Å². The highest BCUT2D eigenvalue weighted by atomic mass is 16.5. The third kappa shape index (κ3) is 2.82. The van der Waals surface area contributed by atoms with Gasteiger partial charge in [0.2, 0.25) is 0 Å². The summed E-state index contributed by atoms with van der Waals surface area (Å²) >= 11 is 0. The Kier molecular flexibility index (Phi) is 4.93. The first-order valence-corrected chi connectivity index (χ1v) is 4.14. The number of nitrogen functional groups attached to an aromatic ring is 1. The van der Waals surface area contributed by atoms with Gasteiger partial charge < -0.3 is 10.5 Å². The molecule has 0 amide bonds. The van der Waals surface area contributed by atoms with Gasteiger partial charge in [-0.2, -0.15) is 0 Å². The second-order valence-corrected chi connectivity index (χ2v) is 2.23. The van der Waals surface area contributed by atoms with Crippen LogP contribution in [0.2, 0.25) is 0 Å². The summed E-state index contributed by atoms with van der Waals surface area (Å²) in [7, 11) is 1.65. The van der Waals surface area contributed by atoms with Gasteiger partial charge in [-0.25, -0.2) is 0 Å². The van der Waals surface area contributed by atoms with Gasteiger partial charge in [0.15, 0.2) is 0 Å². The van der Waals surface area contributed by atoms with Crippen molar-refractivity contribution in [1.82, 2.24) is 0 Å². The van der Waals surface area contributed by atoms with Crippen molar-refractivity contribution >= 4 is 5.69 Å². The van der Waals surface area contributed by atoms with Crippen molar-refractivity contribution < 1.29 is 4.74 Å². The van der Waals surface area contributed by atoms with Gasteiger partial charge in [0.05, 0.1) is 7.11 Å². The standard InChI is InChI=1S/C8H11NO.C2H6/c1-6-5-7(9)3-4-8(6)10-2;1-2/h3-5H,9H2,1-2H3;1-2H3. The number of nitrogens with two attached hydrogens (primary N) is 1. The highest BCUT2D eigenvalue weighted by molar-refractivity contribution is 5.47. The van der Waals surface area contributed by atoms with E-state index in [1.807, 2.05) is 39.0 Å². The van der Waals surface area contributed by atoms with Crippen molar-refractivity contribution in [3.63, 3.8) is 0 Å². The van der Waals surface area contributed by atoms with E-state index in [9.17, 15) is 0 Å². The van der Waals surface area contributed by atoms with Gasteiger partial charge in [-0.15, -0.1) is 0 Å². The molecule has 1 aromatic carbocycles. The van der Waals surface area contributed by atoms with Crippen LogP contribution >= 0.6 is 0 Å². The molecule has 1 rings (SSSR count). The fraction of sp³-hybridized carbons (Fsp3) is 0.400. The molecule has 0 aliphatic rings. The van der Waals surface area contributed by atoms with Gasteiger partial charge in [-0.3, -0.25) is 0 Å². The number of rotatable bonds is 1. The number of hydrogen-bond donors (Lipinski definition) is 1. The molecular formula is C10H17NO. The van der Waals surface area contributed by atoms with E-state index in [0.29, 0.717) is 0 Å². The number of hydrogen-bond acceptors (Lipinski definition) is 2. The molecule has 2 N–H and O–H groups in total. The van der Waals surface area contributed by atoms with E-state index in [-0.39, 0.29) is 0 Å². The maximum atomic E-state index is 5.53. The van der Waals surface area contributed by atoms with Crippen LogP contribution in [0.5, 0.6) is 5.75 Å². The number of anilines is 1. The summed E-state index contributed by atoms with van der Waals surface area (Å²) in [5.74, 6) is 0.884. The first-order valence-electron chi connectivity index (χ1n) is 4.14. The minimum atomic E-state index is 0.776. The number of methoxy groups -OCH3 is 1. The van der Waals surface area contributed by atoms with Crippen LogP contribution in [-0.2, 0) is 0 Å². The lowest BCUT2D eigenvalue weighted by Crippen LogP contribution is -1.89. The highest BCUT2D eigenvalue weighted by Gasteiger charge is 1.95. The van der Waals surface area contributed by atoms with E-state index in [4.69, 9.17) is 10.5 Å². The smallest absolute Gasteiger partial charge is 0.121 e. The van der Waals surface area contributed by atoms with Crippen molar-refractivity contribution in [2.75, 3.05) is 12.8 Å². The zero-order valence-corrected chi connectivity index (χ0v) is 8.22. The zero-order valence-electron chi connectivity index (χ0n) is 8.22. The minimum Gasteiger partial charge on any atom is -0.496 e. The molecule has 0 bridgehead atoms. The molecule has 0 fully saturated rings. The minimum absolute atomic E-state index is 0.776. The Hall–Kier alpha value is -1.18. The molecule has 0 aromatic heterocycles. The van der Waals surface area contributed by atoms with Gasteiger partial charge >= 0.3 is 0 Å². The summed E-state index contributed by atoms with van der Waals surface area (Å²) in [6, 6.07) is 5.58. The summed E-state index contributed by atoms with van der Waals surface area (Å²) in [5, 5.41) is 0. The Labute approximate surface area is 74.4 Å². The monoisotopic (exact) mass is 167 g/mol. The van der Waals surface area contributed by atoms with Crippen molar-refractivity contribution in [3.8, 4) is 5.75 Å². The Bertz CT molecular complexity index is 233. The average molecular weight is 167 g/mol. The van der Waals surface area contributed by atoms with E-state index >= 15 is 0 Å². The van der Waals surface area contributed by atoms with Crippen LogP contribution in [0.3, 0.4) is 0 Å². The maximum absolute atomic E-state index is 5.53. The fourth-order valence-electron chi connectivity index (χ4n) is 0.902. The van der Waals surface area contributed by atoms with Crippen molar-refractivity contribution in [1.29, 1.82) is 0 Å². The lowest BCUT2D eigenvalue weighted by Gasteiger charge is -2.03. The molecule has 0 aliphatic carbocycles. The first-order chi connectivity index (χ1) is 5.74. The first kappa shape index (κ1) is 10.8. The van der Waals surface area contributed by atoms with E-state index < -0.39 is 0 Å². The highest BCUT2D eigenvalue weighted by Crippen LogP contribution is 2.18. The van der Waals surface area contributed by atoms with E-state index in [0.717, 1.165) is 17.0 Å². The van der Waals surface area contributed by atoms with Gasteiger partial charge in [0.1, 0.15) is 5.75 Å². The fourth-order valence-corrected chi connectivity index (χ4v) is 0.902. The van der Waals surface area contributed by atoms with Gasteiger partial charge in [-0.05, 0) is 30.7 Å². The van der Waals surface area contributed by atoms with Crippen molar-refractivity contribution in [2.45, 2.75) is 20.8 Å². The second-order valence-electron chi connectivity index (χ2n) is 2.23. The predicted octanol–water partition coefficient (Wildman–Crippen LogP) is 2.61. The average Bonchev–Trinajstić information content (AvgIpc) is 2.08. The van der Waals surface area contributed by atoms with E-state index in [2.05, 4.69) is 0 Å². The van der Waals surface area contributed by atoms with Crippen molar-refractivity contribution in [3.05, 3.63) is 23.8 Å². The lowest BCUT2D eigenvalue weighted by molar-refractivity contribution is 0.412. The molecule has 68 valence electrons. The predicted molar refractivity (Wildman–Crippen MR) is 53.5 cm³/mol. The molecule has 0 atom stereocenters. The lowest BCUT2D eigenvalue weighted by atomic mass is 10.2. The summed E-state index contributed by atoms with van der Waals surface area (Å²) in [5.41, 5.74) is 7.37. The van der Waals surface area contributed by atoms with Crippen LogP contribution in [0.1, 0.15) is 19.4 Å². The van der Waals surface area contributed by atoms with Crippen LogP contribution in [-0.4, -0.2) is 7.11 Å². The van der Waals surface area contributed by atoms with Gasteiger partial charge in [0.25, 0.3) is 0 Å². The SMILES string of the molecule is CC.COc1ccc(N)cc1C. The number of ether oxygens (including phenoxy) is 1. The quantitative estimate of drug-likeness (QED) is 0.652. The summed E-state index contributed by atoms with van der Waals surface area (Å²) in [6.45, 7) is 5.97. The molecule has 2 nitrogen and oxygen atoms in total. The summed E-state index contributed by atoms with van der Waals surface area (Å²) < 4.78 is 5.04. The molecule has 0 unspecified atom stereocenters. The zero-order chi connectivity index (χ0) is 9.56. The maximum Gasteiger partial charge on any atom is 0.121 e. The van der Waals surface area contributed by atoms with Gasteiger partial charge in [0, 0.05) is 5.69 Å². The molecule has 0 aliphatic heterocycles. The molecule has 12 heavy (non-hydrogen) atoms. The molecule has 1 aromatic rings. The third-order valence-corrected chi connectivity index (χ3v) is 1.42. The Morgan fingerprint density at radius 2 is 1.83 bits per heavy atom. The van der Waals surface area contributed by atoms with Crippen LogP contribution in [0.15, 0.2) is 18.2 Å². The number of benzene rings is 1. The van der Waals surface area contributed by atoms with Crippen LogP contribution in [0, 0.1) is 6.92 Å². The summed E-state index contributed by atoms with van der Waals surface area (Å²) in [4.78, 5) is 0. The van der Waals surface area contributed by atoms with Crippen molar-refractivity contribution in [2.24, 2.45) is 0 Å². The van der Waals surface area contributed by atoms with E-state index in [1.165, 1.54) is 0 Å². The normalized spacial score (nSPS) is 8.33. The van der Waals surface area contributed by atoms with E-state index in [1.54, 1.807) is 7.11 Å². The molecule has 0 saturated heterocycles. The molecule has 2 heteroatoms. The largest absolute Gasteiger partial charge is 0.496 e. The number of aryl methyl sites for hydroxylation is 1. The Balaban J connectivity index is 0.000000561. The molecule has 0 saturated carbocycles. The second kappa shape index (κ2) is 5.47. The van der Waals surface area contributed by atoms with Crippen LogP contribution < -0.4 is 10.5 Å². The Morgan fingerprint density at radius 1 is 1.25 bits per heavy atom. The molecule has 0 heterocycles. The molecule has 0 spiro atoms. The molecule has 0 radical (unpaired) electrons. The topological polar surface area (TPSA) is 35.2 Å². The Morgan fingerprint density at radius 3 is 2.25 bits per heavy atom. The van der Waals surface area contributed by atoms with Crippen LogP contribution in [0.4, 0.5) is 5.69 Å². The van der Waals surface area contributed by atoms with Gasteiger partial charge in [-0.1, -0.05) is 13.8 Å². The third-order valence-electron chi connectivity index (χ3n) is 1.42. The summed E-state index contributed by atoms with van der Waals surface area (Å²) in [6.07, 6.45) is 0. The molecular weight excluding hydrogens is 150 g/mol.